The van der Waals surface area contributed by atoms with E-state index < -0.39 is 9.28 Å². The van der Waals surface area contributed by atoms with Gasteiger partial charge in [-0.1, -0.05) is 13.8 Å². The van der Waals surface area contributed by atoms with Gasteiger partial charge in [0.2, 0.25) is 0 Å². The van der Waals surface area contributed by atoms with Crippen LogP contribution in [-0.4, -0.2) is 28.7 Å². The van der Waals surface area contributed by atoms with Crippen LogP contribution in [0.15, 0.2) is 0 Å². The predicted molar refractivity (Wildman–Crippen MR) is 48.7 cm³/mol. The van der Waals surface area contributed by atoms with Crippen LogP contribution in [0.1, 0.15) is 26.7 Å². The maximum absolute atomic E-state index is 5.47. The smallest absolute Gasteiger partial charge is 0.335 e. The van der Waals surface area contributed by atoms with Gasteiger partial charge in [0.1, 0.15) is 0 Å². The van der Waals surface area contributed by atoms with E-state index in [1.807, 2.05) is 0 Å². The first-order valence-electron chi connectivity index (χ1n) is 4.28. The van der Waals surface area contributed by atoms with E-state index in [0.29, 0.717) is 6.17 Å². The number of nitrogens with two attached hydrogens (primary N) is 1. The fourth-order valence-electron chi connectivity index (χ4n) is 0.683. The van der Waals surface area contributed by atoms with Crippen molar-refractivity contribution in [1.29, 1.82) is 0 Å². The molecule has 0 fully saturated rings. The van der Waals surface area contributed by atoms with Crippen molar-refractivity contribution in [2.75, 3.05) is 19.4 Å². The number of hydrogen-bond donors (Lipinski definition) is 1. The molecule has 0 aliphatic carbocycles. The van der Waals surface area contributed by atoms with Crippen LogP contribution in [0.4, 0.5) is 0 Å². The van der Waals surface area contributed by atoms with Crippen molar-refractivity contribution in [3.05, 3.63) is 0 Å². The third-order valence-electron chi connectivity index (χ3n) is 1.21. The molecule has 0 aliphatic heterocycles. The maximum Gasteiger partial charge on any atom is 0.335 e. The van der Waals surface area contributed by atoms with Crippen LogP contribution in [-0.2, 0) is 8.85 Å². The van der Waals surface area contributed by atoms with Crippen LogP contribution >= 0.6 is 0 Å². The number of rotatable bonds is 7. The molecule has 2 N–H and O–H groups in total. The molecule has 0 heterocycles. The molecule has 0 aromatic carbocycles. The second-order valence-corrected chi connectivity index (χ2v) is 4.40. The molecule has 0 amide bonds. The molecule has 0 spiro atoms. The van der Waals surface area contributed by atoms with Crippen LogP contribution in [0, 0.1) is 0 Å². The summed E-state index contributed by atoms with van der Waals surface area (Å²) in [5.74, 6) is 0. The molecular weight excluding hydrogens is 158 g/mol. The Morgan fingerprint density at radius 3 is 1.82 bits per heavy atom. The van der Waals surface area contributed by atoms with Crippen LogP contribution in [0.25, 0.3) is 0 Å². The van der Waals surface area contributed by atoms with E-state index in [0.717, 1.165) is 26.1 Å². The lowest BCUT2D eigenvalue weighted by molar-refractivity contribution is 0.197. The van der Waals surface area contributed by atoms with Crippen molar-refractivity contribution in [3.8, 4) is 0 Å². The maximum atomic E-state index is 5.47. The summed E-state index contributed by atoms with van der Waals surface area (Å²) in [4.78, 5) is 0. The van der Waals surface area contributed by atoms with Crippen molar-refractivity contribution in [1.82, 2.24) is 0 Å². The molecule has 0 aromatic heterocycles. The van der Waals surface area contributed by atoms with Gasteiger partial charge in [-0.3, -0.25) is 0 Å². The van der Waals surface area contributed by atoms with Gasteiger partial charge in [-0.25, -0.2) is 0 Å². The van der Waals surface area contributed by atoms with E-state index in [4.69, 9.17) is 14.6 Å². The van der Waals surface area contributed by atoms with Gasteiger partial charge >= 0.3 is 9.28 Å². The van der Waals surface area contributed by atoms with Crippen LogP contribution in [0.5, 0.6) is 0 Å². The molecule has 0 bridgehead atoms. The fraction of sp³-hybridized carbons (Fsp3) is 1.00. The van der Waals surface area contributed by atoms with Crippen LogP contribution < -0.4 is 5.73 Å². The molecule has 0 saturated heterocycles. The van der Waals surface area contributed by atoms with E-state index >= 15 is 0 Å². The molecule has 0 atom stereocenters. The normalized spacial score (nSPS) is 10.9. The minimum absolute atomic E-state index is 0.583. The highest BCUT2D eigenvalue weighted by molar-refractivity contribution is 6.44. The minimum Gasteiger partial charge on any atom is -0.396 e. The zero-order valence-electron chi connectivity index (χ0n) is 7.51. The molecule has 68 valence electrons. The Balaban J connectivity index is 3.25. The second-order valence-electron chi connectivity index (χ2n) is 2.41. The van der Waals surface area contributed by atoms with E-state index in [2.05, 4.69) is 13.8 Å². The van der Waals surface area contributed by atoms with Gasteiger partial charge in [-0.05, 0) is 12.8 Å². The molecule has 0 rings (SSSR count). The highest BCUT2D eigenvalue weighted by Crippen LogP contribution is 1.90. The Kier molecular flexibility index (Phi) is 8.27. The molecule has 11 heavy (non-hydrogen) atoms. The number of hydrogen-bond acceptors (Lipinski definition) is 3. The summed E-state index contributed by atoms with van der Waals surface area (Å²) in [5.41, 5.74) is 5.47. The summed E-state index contributed by atoms with van der Waals surface area (Å²) in [5, 5.41) is 0. The van der Waals surface area contributed by atoms with Crippen LogP contribution in [0.2, 0.25) is 0 Å². The topological polar surface area (TPSA) is 44.5 Å². The summed E-state index contributed by atoms with van der Waals surface area (Å²) >= 11 is 0. The summed E-state index contributed by atoms with van der Waals surface area (Å²) < 4.78 is 10.9. The Labute approximate surface area is 70.7 Å². The fourth-order valence-corrected chi connectivity index (χ4v) is 2.05. The second kappa shape index (κ2) is 8.20. The first-order valence-corrected chi connectivity index (χ1v) is 6.04. The van der Waals surface area contributed by atoms with Crippen molar-refractivity contribution in [3.63, 3.8) is 0 Å². The van der Waals surface area contributed by atoms with Gasteiger partial charge in [-0.15, -0.1) is 0 Å². The Bertz CT molecular complexity index is 74.8. The Hall–Kier alpha value is 0.0969. The van der Waals surface area contributed by atoms with E-state index in [-0.39, 0.29) is 0 Å². The highest BCUT2D eigenvalue weighted by atomic mass is 28.3. The molecule has 0 aromatic rings. The van der Waals surface area contributed by atoms with E-state index in [1.165, 1.54) is 0 Å². The summed E-state index contributed by atoms with van der Waals surface area (Å²) in [6.07, 6.45) is 2.66. The molecule has 0 unspecified atom stereocenters. The Morgan fingerprint density at radius 2 is 1.55 bits per heavy atom. The van der Waals surface area contributed by atoms with E-state index in [1.54, 1.807) is 0 Å². The largest absolute Gasteiger partial charge is 0.396 e. The standard InChI is InChI=1S/C7H19NO2Si/c1-3-5-9-11(7-8)10-6-4-2/h11H,3-8H2,1-2H3. The minimum atomic E-state index is -1.47. The van der Waals surface area contributed by atoms with Crippen molar-refractivity contribution < 1.29 is 8.85 Å². The summed E-state index contributed by atoms with van der Waals surface area (Å²) in [7, 11) is -1.47. The quantitative estimate of drug-likeness (QED) is 0.578. The Morgan fingerprint density at radius 1 is 1.09 bits per heavy atom. The average molecular weight is 177 g/mol. The average Bonchev–Trinajstić information content (AvgIpc) is 2.05. The third kappa shape index (κ3) is 6.49. The predicted octanol–water partition coefficient (Wildman–Crippen LogP) is 0.558. The van der Waals surface area contributed by atoms with Crippen LogP contribution in [0.3, 0.4) is 0 Å². The first-order chi connectivity index (χ1) is 5.35. The van der Waals surface area contributed by atoms with Gasteiger partial charge in [0.05, 0.1) is 0 Å². The van der Waals surface area contributed by atoms with Gasteiger partial charge in [0, 0.05) is 19.4 Å². The first kappa shape index (κ1) is 11.1. The van der Waals surface area contributed by atoms with Gasteiger partial charge < -0.3 is 14.6 Å². The third-order valence-corrected chi connectivity index (χ3v) is 2.81. The molecule has 0 aliphatic rings. The van der Waals surface area contributed by atoms with Crippen molar-refractivity contribution in [2.24, 2.45) is 5.73 Å². The summed E-state index contributed by atoms with van der Waals surface area (Å²) in [6.45, 7) is 5.75. The zero-order valence-corrected chi connectivity index (χ0v) is 8.66. The monoisotopic (exact) mass is 177 g/mol. The van der Waals surface area contributed by atoms with E-state index in [9.17, 15) is 0 Å². The van der Waals surface area contributed by atoms with Gasteiger partial charge in [0.15, 0.2) is 0 Å². The lowest BCUT2D eigenvalue weighted by Crippen LogP contribution is -2.33. The summed E-state index contributed by atoms with van der Waals surface area (Å²) in [6, 6.07) is 0. The molecular formula is C7H19NO2Si. The molecule has 4 heteroatoms. The molecule has 0 radical (unpaired) electrons. The lowest BCUT2D eigenvalue weighted by Gasteiger charge is -2.13. The SMILES string of the molecule is CCCO[SiH](CN)OCCC. The molecule has 3 nitrogen and oxygen atoms in total. The lowest BCUT2D eigenvalue weighted by atomic mass is 10.5. The van der Waals surface area contributed by atoms with Crippen molar-refractivity contribution in [2.45, 2.75) is 26.7 Å². The molecule has 0 saturated carbocycles. The highest BCUT2D eigenvalue weighted by Gasteiger charge is 2.08. The van der Waals surface area contributed by atoms with Gasteiger partial charge in [0.25, 0.3) is 0 Å². The van der Waals surface area contributed by atoms with Gasteiger partial charge in [-0.2, -0.15) is 0 Å². The van der Waals surface area contributed by atoms with Crippen molar-refractivity contribution >= 4 is 9.28 Å². The zero-order chi connectivity index (χ0) is 8.53.